The van der Waals surface area contributed by atoms with Crippen molar-refractivity contribution < 1.29 is 9.72 Å². The molecule has 1 N–H and O–H groups in total. The number of pyridine rings is 1. The van der Waals surface area contributed by atoms with Gasteiger partial charge < -0.3 is 5.32 Å². The van der Waals surface area contributed by atoms with Crippen LogP contribution in [0.3, 0.4) is 0 Å². The van der Waals surface area contributed by atoms with Crippen molar-refractivity contribution in [2.24, 2.45) is 0 Å². The minimum atomic E-state index is -0.562. The van der Waals surface area contributed by atoms with Crippen LogP contribution >= 0.6 is 0 Å². The molecule has 0 aliphatic rings. The molecule has 0 spiro atoms. The van der Waals surface area contributed by atoms with Crippen LogP contribution in [0.15, 0.2) is 48.7 Å². The van der Waals surface area contributed by atoms with Gasteiger partial charge in [-0.25, -0.2) is 0 Å². The highest BCUT2D eigenvalue weighted by molar-refractivity contribution is 5.98. The van der Waals surface area contributed by atoms with Gasteiger partial charge in [0.2, 0.25) is 0 Å². The summed E-state index contributed by atoms with van der Waals surface area (Å²) in [5, 5.41) is 13.5. The molecule has 0 saturated carbocycles. The van der Waals surface area contributed by atoms with Gasteiger partial charge in [0.15, 0.2) is 0 Å². The maximum atomic E-state index is 11.9. The van der Waals surface area contributed by atoms with Crippen molar-refractivity contribution >= 4 is 11.6 Å². The van der Waals surface area contributed by atoms with Gasteiger partial charge in [-0.3, -0.25) is 19.9 Å². The summed E-state index contributed by atoms with van der Waals surface area (Å²) in [4.78, 5) is 26.3. The average molecular weight is 271 g/mol. The summed E-state index contributed by atoms with van der Waals surface area (Å²) >= 11 is 0. The number of hydrogen-bond donors (Lipinski definition) is 1. The van der Waals surface area contributed by atoms with Gasteiger partial charge >= 0.3 is 0 Å². The van der Waals surface area contributed by atoms with E-state index in [0.29, 0.717) is 13.0 Å². The van der Waals surface area contributed by atoms with Gasteiger partial charge in [-0.1, -0.05) is 18.2 Å². The zero-order chi connectivity index (χ0) is 14.4. The number of rotatable bonds is 5. The molecule has 0 atom stereocenters. The summed E-state index contributed by atoms with van der Waals surface area (Å²) in [6.07, 6.45) is 2.26. The molecule has 0 fully saturated rings. The third-order valence-corrected chi connectivity index (χ3v) is 2.74. The lowest BCUT2D eigenvalue weighted by Crippen LogP contribution is -2.26. The molecule has 102 valence electrons. The molecule has 0 bridgehead atoms. The van der Waals surface area contributed by atoms with Gasteiger partial charge in [0, 0.05) is 30.9 Å². The zero-order valence-electron chi connectivity index (χ0n) is 10.7. The van der Waals surface area contributed by atoms with Crippen molar-refractivity contribution in [3.05, 3.63) is 70.0 Å². The van der Waals surface area contributed by atoms with E-state index in [-0.39, 0.29) is 11.3 Å². The fourth-order valence-corrected chi connectivity index (χ4v) is 1.77. The van der Waals surface area contributed by atoms with Gasteiger partial charge in [-0.05, 0) is 18.2 Å². The highest BCUT2D eigenvalue weighted by Gasteiger charge is 2.18. The Kier molecular flexibility index (Phi) is 4.39. The first-order valence-corrected chi connectivity index (χ1v) is 6.10. The van der Waals surface area contributed by atoms with Crippen molar-refractivity contribution in [3.63, 3.8) is 0 Å². The van der Waals surface area contributed by atoms with E-state index in [1.165, 1.54) is 18.2 Å². The van der Waals surface area contributed by atoms with Crippen LogP contribution in [0, 0.1) is 10.1 Å². The second-order valence-corrected chi connectivity index (χ2v) is 4.10. The molecule has 2 aromatic rings. The molecule has 1 amide bonds. The standard InChI is InChI=1S/C14H13N3O3/c18-14(12-6-1-2-7-13(12)17(19)20)16-10-8-11-5-3-4-9-15-11/h1-7,9H,8,10H2,(H,16,18). The Morgan fingerprint density at radius 1 is 1.20 bits per heavy atom. The minimum absolute atomic E-state index is 0.0681. The molecule has 0 saturated heterocycles. The van der Waals surface area contributed by atoms with E-state index in [2.05, 4.69) is 10.3 Å². The molecule has 6 nitrogen and oxygen atoms in total. The van der Waals surface area contributed by atoms with Gasteiger partial charge in [0.05, 0.1) is 4.92 Å². The van der Waals surface area contributed by atoms with Crippen LogP contribution in [0.1, 0.15) is 16.1 Å². The predicted octanol–water partition coefficient (Wildman–Crippen LogP) is 1.96. The number of nitro benzene ring substituents is 1. The molecular weight excluding hydrogens is 258 g/mol. The summed E-state index contributed by atoms with van der Waals surface area (Å²) in [5.74, 6) is -0.451. The highest BCUT2D eigenvalue weighted by atomic mass is 16.6. The zero-order valence-corrected chi connectivity index (χ0v) is 10.7. The Morgan fingerprint density at radius 3 is 2.65 bits per heavy atom. The summed E-state index contributed by atoms with van der Waals surface area (Å²) < 4.78 is 0. The van der Waals surface area contributed by atoms with E-state index in [0.717, 1.165) is 5.69 Å². The van der Waals surface area contributed by atoms with Gasteiger partial charge in [-0.2, -0.15) is 0 Å². The van der Waals surface area contributed by atoms with Crippen LogP contribution in [0.25, 0.3) is 0 Å². The van der Waals surface area contributed by atoms with E-state index in [1.807, 2.05) is 18.2 Å². The quantitative estimate of drug-likeness (QED) is 0.665. The number of carbonyl (C=O) groups excluding carboxylic acids is 1. The van der Waals surface area contributed by atoms with Crippen molar-refractivity contribution in [3.8, 4) is 0 Å². The number of carbonyl (C=O) groups is 1. The molecule has 2 rings (SSSR count). The Bertz CT molecular complexity index is 614. The minimum Gasteiger partial charge on any atom is -0.351 e. The molecule has 0 radical (unpaired) electrons. The lowest BCUT2D eigenvalue weighted by molar-refractivity contribution is -0.385. The lowest BCUT2D eigenvalue weighted by atomic mass is 10.1. The number of nitrogens with one attached hydrogen (secondary N) is 1. The molecule has 0 unspecified atom stereocenters. The summed E-state index contributed by atoms with van der Waals surface area (Å²) in [7, 11) is 0. The van der Waals surface area contributed by atoms with Crippen LogP contribution in [0.2, 0.25) is 0 Å². The number of benzene rings is 1. The van der Waals surface area contributed by atoms with Gasteiger partial charge in [-0.15, -0.1) is 0 Å². The molecular formula is C14H13N3O3. The second-order valence-electron chi connectivity index (χ2n) is 4.10. The van der Waals surface area contributed by atoms with E-state index >= 15 is 0 Å². The molecule has 0 aliphatic heterocycles. The van der Waals surface area contributed by atoms with Crippen molar-refractivity contribution in [1.82, 2.24) is 10.3 Å². The third-order valence-electron chi connectivity index (χ3n) is 2.74. The molecule has 0 aliphatic carbocycles. The van der Waals surface area contributed by atoms with Crippen LogP contribution in [0.5, 0.6) is 0 Å². The van der Waals surface area contributed by atoms with Gasteiger partial charge in [0.25, 0.3) is 11.6 Å². The Balaban J connectivity index is 1.97. The average Bonchev–Trinajstić information content (AvgIpc) is 2.48. The van der Waals surface area contributed by atoms with E-state index in [9.17, 15) is 14.9 Å². The van der Waals surface area contributed by atoms with E-state index in [4.69, 9.17) is 0 Å². The SMILES string of the molecule is O=C(NCCc1ccccn1)c1ccccc1[N+](=O)[O-]. The largest absolute Gasteiger partial charge is 0.351 e. The number of para-hydroxylation sites is 1. The number of nitro groups is 1. The Hall–Kier alpha value is -2.76. The molecule has 1 aromatic carbocycles. The summed E-state index contributed by atoms with van der Waals surface area (Å²) in [6, 6.07) is 11.4. The molecule has 6 heteroatoms. The maximum Gasteiger partial charge on any atom is 0.282 e. The lowest BCUT2D eigenvalue weighted by Gasteiger charge is -2.05. The smallest absolute Gasteiger partial charge is 0.282 e. The topological polar surface area (TPSA) is 85.1 Å². The Morgan fingerprint density at radius 2 is 1.95 bits per heavy atom. The number of aromatic nitrogens is 1. The van der Waals surface area contributed by atoms with Crippen molar-refractivity contribution in [2.75, 3.05) is 6.54 Å². The normalized spacial score (nSPS) is 10.0. The maximum absolute atomic E-state index is 11.9. The number of nitrogens with zero attached hydrogens (tertiary/aromatic N) is 2. The third kappa shape index (κ3) is 3.38. The summed E-state index contributed by atoms with van der Waals surface area (Å²) in [6.45, 7) is 0.377. The Labute approximate surface area is 115 Å². The monoisotopic (exact) mass is 271 g/mol. The van der Waals surface area contributed by atoms with Crippen LogP contribution < -0.4 is 5.32 Å². The van der Waals surface area contributed by atoms with Gasteiger partial charge in [0.1, 0.15) is 5.56 Å². The predicted molar refractivity (Wildman–Crippen MR) is 73.4 cm³/mol. The molecule has 1 aromatic heterocycles. The van der Waals surface area contributed by atoms with Crippen LogP contribution in [0.4, 0.5) is 5.69 Å². The fraction of sp³-hybridized carbons (Fsp3) is 0.143. The first kappa shape index (κ1) is 13.7. The first-order valence-electron chi connectivity index (χ1n) is 6.10. The van der Waals surface area contributed by atoms with E-state index < -0.39 is 10.8 Å². The fourth-order valence-electron chi connectivity index (χ4n) is 1.77. The first-order chi connectivity index (χ1) is 9.68. The van der Waals surface area contributed by atoms with Crippen LogP contribution in [-0.4, -0.2) is 22.4 Å². The van der Waals surface area contributed by atoms with Crippen molar-refractivity contribution in [1.29, 1.82) is 0 Å². The van der Waals surface area contributed by atoms with E-state index in [1.54, 1.807) is 12.3 Å². The number of amides is 1. The second kappa shape index (κ2) is 6.42. The molecule has 20 heavy (non-hydrogen) atoms. The highest BCUT2D eigenvalue weighted by Crippen LogP contribution is 2.17. The molecule has 1 heterocycles. The number of hydrogen-bond acceptors (Lipinski definition) is 4. The van der Waals surface area contributed by atoms with Crippen LogP contribution in [-0.2, 0) is 6.42 Å². The summed E-state index contributed by atoms with van der Waals surface area (Å²) in [5.41, 5.74) is 0.733. The van der Waals surface area contributed by atoms with Crippen molar-refractivity contribution in [2.45, 2.75) is 6.42 Å².